The van der Waals surface area contributed by atoms with Crippen LogP contribution in [0.5, 0.6) is 0 Å². The number of ketones is 1. The lowest BCUT2D eigenvalue weighted by Crippen LogP contribution is -2.03. The Bertz CT molecular complexity index is 653. The van der Waals surface area contributed by atoms with Crippen LogP contribution in [0, 0.1) is 0 Å². The normalized spacial score (nSPS) is 10.5. The Balaban J connectivity index is 2.60. The minimum Gasteiger partial charge on any atom is -0.476 e. The van der Waals surface area contributed by atoms with Crippen molar-refractivity contribution < 1.29 is 14.7 Å². The van der Waals surface area contributed by atoms with Gasteiger partial charge in [0.05, 0.1) is 0 Å². The molecule has 0 atom stereocenters. The molecule has 8 heteroatoms. The lowest BCUT2D eigenvalue weighted by atomic mass is 10.3. The highest BCUT2D eigenvalue weighted by molar-refractivity contribution is 9.11. The van der Waals surface area contributed by atoms with Crippen LogP contribution in [0.2, 0.25) is 0 Å². The molecule has 2 aromatic heterocycles. The van der Waals surface area contributed by atoms with Crippen molar-refractivity contribution in [2.45, 2.75) is 6.92 Å². The Morgan fingerprint density at radius 1 is 1.37 bits per heavy atom. The van der Waals surface area contributed by atoms with E-state index in [1.54, 1.807) is 12.3 Å². The molecule has 0 fully saturated rings. The van der Waals surface area contributed by atoms with E-state index in [0.717, 1.165) is 15.8 Å². The monoisotopic (exact) mass is 404 g/mol. The SMILES string of the molecule is CC(=O)c1sc(-c2ncc(Br)cc2Br)nc1C(=O)O. The number of carbonyl (C=O) groups is 2. The number of nitrogens with zero attached hydrogens (tertiary/aromatic N) is 2. The zero-order chi connectivity index (χ0) is 14.2. The maximum atomic E-state index is 11.4. The molecule has 0 radical (unpaired) electrons. The van der Waals surface area contributed by atoms with Gasteiger partial charge in [-0.05, 0) is 37.9 Å². The highest BCUT2D eigenvalue weighted by Crippen LogP contribution is 2.33. The number of rotatable bonds is 3. The van der Waals surface area contributed by atoms with Crippen LogP contribution in [0.1, 0.15) is 27.1 Å². The van der Waals surface area contributed by atoms with Gasteiger partial charge in [-0.3, -0.25) is 9.78 Å². The summed E-state index contributed by atoms with van der Waals surface area (Å²) in [6.45, 7) is 1.31. The van der Waals surface area contributed by atoms with E-state index in [1.807, 2.05) is 0 Å². The summed E-state index contributed by atoms with van der Waals surface area (Å²) in [6, 6.07) is 1.78. The summed E-state index contributed by atoms with van der Waals surface area (Å²) in [5.74, 6) is -1.55. The molecule has 0 aromatic carbocycles. The molecule has 0 saturated carbocycles. The van der Waals surface area contributed by atoms with Gasteiger partial charge in [-0.25, -0.2) is 9.78 Å². The van der Waals surface area contributed by atoms with Crippen LogP contribution >= 0.6 is 43.2 Å². The molecule has 98 valence electrons. The molecule has 2 heterocycles. The topological polar surface area (TPSA) is 80.2 Å². The number of carboxylic acids is 1. The molecule has 0 amide bonds. The van der Waals surface area contributed by atoms with Crippen molar-refractivity contribution in [1.29, 1.82) is 0 Å². The summed E-state index contributed by atoms with van der Waals surface area (Å²) < 4.78 is 1.45. The van der Waals surface area contributed by atoms with Gasteiger partial charge in [0, 0.05) is 22.1 Å². The van der Waals surface area contributed by atoms with Crippen molar-refractivity contribution in [2.75, 3.05) is 0 Å². The molecule has 0 aliphatic heterocycles. The predicted molar refractivity (Wildman–Crippen MR) is 77.7 cm³/mol. The molecule has 1 N–H and O–H groups in total. The molecule has 0 spiro atoms. The van der Waals surface area contributed by atoms with E-state index in [9.17, 15) is 9.59 Å². The third-order valence-electron chi connectivity index (χ3n) is 2.16. The number of Topliss-reactive ketones (excluding diaryl/α,β-unsaturated/α-hetero) is 1. The Morgan fingerprint density at radius 2 is 2.05 bits per heavy atom. The summed E-state index contributed by atoms with van der Waals surface area (Å²) in [7, 11) is 0. The number of aromatic nitrogens is 2. The lowest BCUT2D eigenvalue weighted by Gasteiger charge is -1.99. The average Bonchev–Trinajstić information content (AvgIpc) is 2.73. The van der Waals surface area contributed by atoms with Gasteiger partial charge in [0.15, 0.2) is 11.5 Å². The molecule has 0 aliphatic rings. The first kappa shape index (κ1) is 14.3. The van der Waals surface area contributed by atoms with Crippen molar-refractivity contribution >= 4 is 54.9 Å². The van der Waals surface area contributed by atoms with E-state index in [2.05, 4.69) is 41.8 Å². The van der Waals surface area contributed by atoms with Crippen LogP contribution in [-0.2, 0) is 0 Å². The molecule has 19 heavy (non-hydrogen) atoms. The number of halogens is 2. The fourth-order valence-electron chi connectivity index (χ4n) is 1.38. The first-order chi connectivity index (χ1) is 8.90. The molecule has 2 aromatic rings. The second kappa shape index (κ2) is 5.48. The smallest absolute Gasteiger partial charge is 0.356 e. The first-order valence-corrected chi connectivity index (χ1v) is 7.37. The molecule has 0 unspecified atom stereocenters. The van der Waals surface area contributed by atoms with Crippen LogP contribution in [0.3, 0.4) is 0 Å². The molecule has 0 aliphatic carbocycles. The predicted octanol–water partition coefficient (Wildman–Crippen LogP) is 3.63. The zero-order valence-electron chi connectivity index (χ0n) is 9.48. The van der Waals surface area contributed by atoms with Crippen molar-refractivity contribution in [3.05, 3.63) is 31.8 Å². The standard InChI is InChI=1S/C11H6Br2N2O3S/c1-4(16)9-8(11(17)18)15-10(19-9)7-6(13)2-5(12)3-14-7/h2-3H,1H3,(H,17,18). The summed E-state index contributed by atoms with van der Waals surface area (Å²) in [5.41, 5.74) is 0.271. The number of pyridine rings is 1. The summed E-state index contributed by atoms with van der Waals surface area (Å²) in [5, 5.41) is 9.43. The van der Waals surface area contributed by atoms with Gasteiger partial charge in [-0.2, -0.15) is 0 Å². The van der Waals surface area contributed by atoms with Gasteiger partial charge < -0.3 is 5.11 Å². The molecule has 0 bridgehead atoms. The fraction of sp³-hybridized carbons (Fsp3) is 0.0909. The van der Waals surface area contributed by atoms with Crippen LogP contribution < -0.4 is 0 Å². The number of aromatic carboxylic acids is 1. The summed E-state index contributed by atoms with van der Waals surface area (Å²) in [4.78, 5) is 30.8. The van der Waals surface area contributed by atoms with E-state index in [1.165, 1.54) is 6.92 Å². The van der Waals surface area contributed by atoms with E-state index in [4.69, 9.17) is 5.11 Å². The van der Waals surface area contributed by atoms with Gasteiger partial charge in [0.1, 0.15) is 15.6 Å². The van der Waals surface area contributed by atoms with Gasteiger partial charge in [0.25, 0.3) is 0 Å². The second-order valence-corrected chi connectivity index (χ2v) is 6.31. The fourth-order valence-corrected chi connectivity index (χ4v) is 3.65. The van der Waals surface area contributed by atoms with Crippen LogP contribution in [0.15, 0.2) is 21.2 Å². The first-order valence-electron chi connectivity index (χ1n) is 4.96. The zero-order valence-corrected chi connectivity index (χ0v) is 13.5. The number of carboxylic acid groups (broad SMARTS) is 1. The van der Waals surface area contributed by atoms with Gasteiger partial charge in [-0.15, -0.1) is 11.3 Å². The lowest BCUT2D eigenvalue weighted by molar-refractivity contribution is 0.0687. The second-order valence-electron chi connectivity index (χ2n) is 3.54. The molecular weight excluding hydrogens is 400 g/mol. The highest BCUT2D eigenvalue weighted by atomic mass is 79.9. The Morgan fingerprint density at radius 3 is 2.53 bits per heavy atom. The van der Waals surface area contributed by atoms with Crippen molar-refractivity contribution in [1.82, 2.24) is 9.97 Å². The molecule has 5 nitrogen and oxygen atoms in total. The molecule has 0 saturated heterocycles. The van der Waals surface area contributed by atoms with E-state index in [0.29, 0.717) is 15.2 Å². The largest absolute Gasteiger partial charge is 0.476 e. The third-order valence-corrected chi connectivity index (χ3v) is 4.36. The number of hydrogen-bond acceptors (Lipinski definition) is 5. The number of hydrogen-bond donors (Lipinski definition) is 1. The minimum absolute atomic E-state index is 0.124. The van der Waals surface area contributed by atoms with Crippen LogP contribution in [-0.4, -0.2) is 26.8 Å². The maximum Gasteiger partial charge on any atom is 0.356 e. The Labute approximate surface area is 129 Å². The Hall–Kier alpha value is -1.12. The number of thiazole rings is 1. The molecule has 2 rings (SSSR count). The summed E-state index contributed by atoms with van der Waals surface area (Å²) >= 11 is 7.63. The van der Waals surface area contributed by atoms with Crippen LogP contribution in [0.25, 0.3) is 10.7 Å². The van der Waals surface area contributed by atoms with Gasteiger partial charge in [-0.1, -0.05) is 0 Å². The van der Waals surface area contributed by atoms with Gasteiger partial charge >= 0.3 is 5.97 Å². The van der Waals surface area contributed by atoms with Gasteiger partial charge in [0.2, 0.25) is 0 Å². The highest BCUT2D eigenvalue weighted by Gasteiger charge is 2.22. The van der Waals surface area contributed by atoms with E-state index < -0.39 is 5.97 Å². The van der Waals surface area contributed by atoms with E-state index >= 15 is 0 Å². The Kier molecular flexibility index (Phi) is 4.12. The third kappa shape index (κ3) is 2.90. The minimum atomic E-state index is -1.22. The van der Waals surface area contributed by atoms with Crippen LogP contribution in [0.4, 0.5) is 0 Å². The van der Waals surface area contributed by atoms with E-state index in [-0.39, 0.29) is 16.4 Å². The quantitative estimate of drug-likeness (QED) is 0.788. The van der Waals surface area contributed by atoms with Crippen molar-refractivity contribution in [3.63, 3.8) is 0 Å². The van der Waals surface area contributed by atoms with Crippen molar-refractivity contribution in [3.8, 4) is 10.7 Å². The summed E-state index contributed by atoms with van der Waals surface area (Å²) in [6.07, 6.45) is 1.58. The maximum absolute atomic E-state index is 11.4. The molecular formula is C11H6Br2N2O3S. The number of carbonyl (C=O) groups excluding carboxylic acids is 1. The average molecular weight is 406 g/mol. The van der Waals surface area contributed by atoms with Crippen molar-refractivity contribution in [2.24, 2.45) is 0 Å².